The summed E-state index contributed by atoms with van der Waals surface area (Å²) in [6, 6.07) is 3.69. The van der Waals surface area contributed by atoms with Crippen LogP contribution in [0, 0.1) is 12.8 Å². The summed E-state index contributed by atoms with van der Waals surface area (Å²) in [7, 11) is 0. The van der Waals surface area contributed by atoms with Crippen LogP contribution in [0.3, 0.4) is 0 Å². The summed E-state index contributed by atoms with van der Waals surface area (Å²) >= 11 is 2.64. The van der Waals surface area contributed by atoms with Gasteiger partial charge in [0.2, 0.25) is 5.91 Å². The molecule has 1 unspecified atom stereocenters. The standard InChI is InChI=1S/C23H31N3O4S2/c1-4-6-7-13-26(23-24-16(3)19(32-23)22(29)30-5-2)20(27)17-10-8-12-25(15-17)21(28)18-11-9-14-31-18/h9,11,14,17H,4-8,10,12-13,15H2,1-3H3. The molecule has 0 aromatic carbocycles. The molecule has 1 fully saturated rings. The minimum atomic E-state index is -0.403. The molecule has 0 saturated carbocycles. The molecule has 0 aliphatic carbocycles. The number of amides is 2. The third kappa shape index (κ3) is 5.75. The number of unbranched alkanes of at least 4 members (excludes halogenated alkanes) is 2. The molecule has 1 aliphatic heterocycles. The van der Waals surface area contributed by atoms with Crippen LogP contribution in [0.4, 0.5) is 5.13 Å². The van der Waals surface area contributed by atoms with Crippen LogP contribution in [0.15, 0.2) is 17.5 Å². The molecule has 3 heterocycles. The second-order valence-electron chi connectivity index (χ2n) is 7.90. The lowest BCUT2D eigenvalue weighted by Crippen LogP contribution is -2.47. The number of likely N-dealkylation sites (tertiary alicyclic amines) is 1. The molecule has 0 spiro atoms. The highest BCUT2D eigenvalue weighted by molar-refractivity contribution is 7.17. The number of piperidine rings is 1. The molecule has 2 aromatic heterocycles. The van der Waals surface area contributed by atoms with Crippen LogP contribution < -0.4 is 4.90 Å². The van der Waals surface area contributed by atoms with Crippen molar-refractivity contribution < 1.29 is 19.1 Å². The van der Waals surface area contributed by atoms with Crippen molar-refractivity contribution in [3.8, 4) is 0 Å². The number of hydrogen-bond acceptors (Lipinski definition) is 7. The summed E-state index contributed by atoms with van der Waals surface area (Å²) in [6.07, 6.45) is 4.44. The minimum absolute atomic E-state index is 0.00952. The smallest absolute Gasteiger partial charge is 0.350 e. The molecular weight excluding hydrogens is 446 g/mol. The zero-order valence-corrected chi connectivity index (χ0v) is 20.6. The van der Waals surface area contributed by atoms with Gasteiger partial charge in [-0.3, -0.25) is 14.5 Å². The Kier molecular flexibility index (Phi) is 8.81. The summed E-state index contributed by atoms with van der Waals surface area (Å²) in [5.74, 6) is -0.705. The first-order chi connectivity index (χ1) is 15.5. The Morgan fingerprint density at radius 1 is 1.28 bits per heavy atom. The first-order valence-electron chi connectivity index (χ1n) is 11.2. The number of hydrogen-bond donors (Lipinski definition) is 0. The van der Waals surface area contributed by atoms with Crippen LogP contribution in [0.2, 0.25) is 0 Å². The maximum Gasteiger partial charge on any atom is 0.350 e. The van der Waals surface area contributed by atoms with E-state index >= 15 is 0 Å². The maximum absolute atomic E-state index is 13.6. The van der Waals surface area contributed by atoms with Gasteiger partial charge in [0, 0.05) is 19.6 Å². The molecule has 0 bridgehead atoms. The van der Waals surface area contributed by atoms with Crippen molar-refractivity contribution in [2.24, 2.45) is 5.92 Å². The molecule has 1 atom stereocenters. The number of aromatic nitrogens is 1. The minimum Gasteiger partial charge on any atom is -0.462 e. The normalized spacial score (nSPS) is 16.1. The molecule has 2 aromatic rings. The van der Waals surface area contributed by atoms with Crippen LogP contribution in [-0.4, -0.2) is 53.9 Å². The lowest BCUT2D eigenvalue weighted by molar-refractivity contribution is -0.123. The molecule has 1 aliphatic rings. The van der Waals surface area contributed by atoms with E-state index in [1.54, 1.807) is 23.6 Å². The fourth-order valence-electron chi connectivity index (χ4n) is 3.84. The van der Waals surface area contributed by atoms with Gasteiger partial charge in [-0.2, -0.15) is 0 Å². The van der Waals surface area contributed by atoms with Crippen molar-refractivity contribution in [2.45, 2.75) is 52.9 Å². The number of ether oxygens (including phenoxy) is 1. The lowest BCUT2D eigenvalue weighted by Gasteiger charge is -2.34. The SMILES string of the molecule is CCCCCN(C(=O)C1CCCN(C(=O)c2cccs2)C1)c1nc(C)c(C(=O)OCC)s1. The van der Waals surface area contributed by atoms with Crippen molar-refractivity contribution in [1.82, 2.24) is 9.88 Å². The number of esters is 1. The zero-order valence-electron chi connectivity index (χ0n) is 19.0. The Morgan fingerprint density at radius 3 is 2.78 bits per heavy atom. The van der Waals surface area contributed by atoms with Crippen LogP contribution in [-0.2, 0) is 9.53 Å². The summed E-state index contributed by atoms with van der Waals surface area (Å²) in [6.45, 7) is 7.57. The molecule has 1 saturated heterocycles. The highest BCUT2D eigenvalue weighted by atomic mass is 32.1. The molecule has 2 amide bonds. The second-order valence-corrected chi connectivity index (χ2v) is 9.82. The first kappa shape index (κ1) is 24.4. The number of thiazole rings is 1. The van der Waals surface area contributed by atoms with E-state index in [0.29, 0.717) is 46.8 Å². The van der Waals surface area contributed by atoms with Gasteiger partial charge in [-0.25, -0.2) is 9.78 Å². The van der Waals surface area contributed by atoms with Crippen molar-refractivity contribution in [2.75, 3.05) is 31.1 Å². The first-order valence-corrected chi connectivity index (χ1v) is 12.9. The number of anilines is 1. The Morgan fingerprint density at radius 2 is 2.09 bits per heavy atom. The van der Waals surface area contributed by atoms with Gasteiger partial charge >= 0.3 is 5.97 Å². The molecule has 3 rings (SSSR count). The highest BCUT2D eigenvalue weighted by Crippen LogP contribution is 2.30. The van der Waals surface area contributed by atoms with Gasteiger partial charge in [0.1, 0.15) is 4.88 Å². The van der Waals surface area contributed by atoms with E-state index in [4.69, 9.17) is 4.74 Å². The largest absolute Gasteiger partial charge is 0.462 e. The fraction of sp³-hybridized carbons (Fsp3) is 0.565. The lowest BCUT2D eigenvalue weighted by atomic mass is 9.96. The Balaban J connectivity index is 1.79. The van der Waals surface area contributed by atoms with Gasteiger partial charge in [-0.05, 0) is 44.6 Å². The fourth-order valence-corrected chi connectivity index (χ4v) is 5.53. The Bertz CT molecular complexity index is 926. The van der Waals surface area contributed by atoms with Crippen molar-refractivity contribution in [3.63, 3.8) is 0 Å². The summed E-state index contributed by atoms with van der Waals surface area (Å²) < 4.78 is 5.14. The number of rotatable bonds is 9. The molecule has 9 heteroatoms. The third-order valence-corrected chi connectivity index (χ3v) is 7.54. The molecule has 174 valence electrons. The Hall–Kier alpha value is -2.26. The molecule has 0 N–H and O–H groups in total. The van der Waals surface area contributed by atoms with E-state index < -0.39 is 5.97 Å². The summed E-state index contributed by atoms with van der Waals surface area (Å²) in [4.78, 5) is 47.9. The van der Waals surface area contributed by atoms with Crippen molar-refractivity contribution in [3.05, 3.63) is 33.0 Å². The molecule has 7 nitrogen and oxygen atoms in total. The predicted octanol–water partition coefficient (Wildman–Crippen LogP) is 4.77. The van der Waals surface area contributed by atoms with E-state index in [-0.39, 0.29) is 17.7 Å². The molecular formula is C23H31N3O4S2. The average Bonchev–Trinajstić information content (AvgIpc) is 3.46. The van der Waals surface area contributed by atoms with Crippen LogP contribution in [0.5, 0.6) is 0 Å². The summed E-state index contributed by atoms with van der Waals surface area (Å²) in [5, 5.41) is 2.43. The second kappa shape index (κ2) is 11.6. The van der Waals surface area contributed by atoms with Crippen molar-refractivity contribution in [1.29, 1.82) is 0 Å². The topological polar surface area (TPSA) is 79.8 Å². The molecule has 32 heavy (non-hydrogen) atoms. The monoisotopic (exact) mass is 477 g/mol. The third-order valence-electron chi connectivity index (χ3n) is 5.52. The molecule has 0 radical (unpaired) electrons. The van der Waals surface area contributed by atoms with E-state index in [2.05, 4.69) is 11.9 Å². The number of carbonyl (C=O) groups excluding carboxylic acids is 3. The van der Waals surface area contributed by atoms with Crippen LogP contribution >= 0.6 is 22.7 Å². The van der Waals surface area contributed by atoms with Gasteiger partial charge in [-0.1, -0.05) is 37.2 Å². The highest BCUT2D eigenvalue weighted by Gasteiger charge is 2.34. The van der Waals surface area contributed by atoms with Crippen LogP contribution in [0.25, 0.3) is 0 Å². The predicted molar refractivity (Wildman–Crippen MR) is 128 cm³/mol. The van der Waals surface area contributed by atoms with Gasteiger partial charge in [0.25, 0.3) is 5.91 Å². The zero-order chi connectivity index (χ0) is 23.1. The Labute approximate surface area is 197 Å². The number of carbonyl (C=O) groups is 3. The van der Waals surface area contributed by atoms with Gasteiger partial charge in [0.05, 0.1) is 23.1 Å². The van der Waals surface area contributed by atoms with E-state index in [9.17, 15) is 14.4 Å². The van der Waals surface area contributed by atoms with Crippen molar-refractivity contribution >= 4 is 45.6 Å². The average molecular weight is 478 g/mol. The summed E-state index contributed by atoms with van der Waals surface area (Å²) in [5.41, 5.74) is 0.579. The van der Waals surface area contributed by atoms with E-state index in [1.807, 2.05) is 17.5 Å². The quantitative estimate of drug-likeness (QED) is 0.384. The number of thiophene rings is 1. The number of aryl methyl sites for hydroxylation is 1. The van der Waals surface area contributed by atoms with Gasteiger partial charge in [-0.15, -0.1) is 11.3 Å². The number of nitrogens with zero attached hydrogens (tertiary/aromatic N) is 3. The maximum atomic E-state index is 13.6. The van der Waals surface area contributed by atoms with Crippen LogP contribution in [0.1, 0.15) is 71.0 Å². The van der Waals surface area contributed by atoms with E-state index in [1.165, 1.54) is 22.7 Å². The van der Waals surface area contributed by atoms with Gasteiger partial charge in [0.15, 0.2) is 5.13 Å². The van der Waals surface area contributed by atoms with Gasteiger partial charge < -0.3 is 9.64 Å². The van der Waals surface area contributed by atoms with E-state index in [0.717, 1.165) is 32.1 Å².